The lowest BCUT2D eigenvalue weighted by atomic mass is 10.1. The van der Waals surface area contributed by atoms with Crippen LogP contribution >= 0.6 is 0 Å². The zero-order valence-electron chi connectivity index (χ0n) is 11.4. The SMILES string of the molecule is COC(=O)c1ccc(N)c(N(C)CCN(C)C)c1. The molecule has 1 aromatic rings. The minimum atomic E-state index is -0.350. The van der Waals surface area contributed by atoms with Crippen LogP contribution in [-0.4, -0.2) is 52.2 Å². The number of benzene rings is 1. The smallest absolute Gasteiger partial charge is 0.337 e. The molecule has 1 aromatic carbocycles. The van der Waals surface area contributed by atoms with Gasteiger partial charge in [-0.3, -0.25) is 0 Å². The fourth-order valence-electron chi connectivity index (χ4n) is 1.59. The first-order chi connectivity index (χ1) is 8.45. The maximum atomic E-state index is 11.5. The largest absolute Gasteiger partial charge is 0.465 e. The summed E-state index contributed by atoms with van der Waals surface area (Å²) in [4.78, 5) is 15.6. The summed E-state index contributed by atoms with van der Waals surface area (Å²) in [6, 6.07) is 5.16. The third kappa shape index (κ3) is 3.63. The molecule has 0 aliphatic carbocycles. The van der Waals surface area contributed by atoms with E-state index in [0.717, 1.165) is 18.8 Å². The van der Waals surface area contributed by atoms with Crippen LogP contribution in [0.2, 0.25) is 0 Å². The van der Waals surface area contributed by atoms with Crippen molar-refractivity contribution in [3.05, 3.63) is 23.8 Å². The normalized spacial score (nSPS) is 10.5. The average Bonchev–Trinajstić information content (AvgIpc) is 2.35. The standard InChI is InChI=1S/C13H21N3O2/c1-15(2)7-8-16(3)12-9-10(13(17)18-4)5-6-11(12)14/h5-6,9H,7-8,14H2,1-4H3. The predicted molar refractivity (Wildman–Crippen MR) is 74.0 cm³/mol. The molecule has 0 saturated heterocycles. The van der Waals surface area contributed by atoms with Gasteiger partial charge in [0.1, 0.15) is 0 Å². The van der Waals surface area contributed by atoms with Crippen molar-refractivity contribution in [2.75, 3.05) is 52.0 Å². The molecule has 100 valence electrons. The maximum Gasteiger partial charge on any atom is 0.337 e. The topological polar surface area (TPSA) is 58.8 Å². The number of anilines is 2. The molecule has 0 aliphatic heterocycles. The molecule has 0 saturated carbocycles. The van der Waals surface area contributed by atoms with Gasteiger partial charge in [-0.2, -0.15) is 0 Å². The van der Waals surface area contributed by atoms with Gasteiger partial charge in [0.05, 0.1) is 24.0 Å². The Morgan fingerprint density at radius 3 is 2.50 bits per heavy atom. The third-order valence-corrected chi connectivity index (χ3v) is 2.75. The second-order valence-corrected chi connectivity index (χ2v) is 4.49. The minimum Gasteiger partial charge on any atom is -0.465 e. The molecule has 2 N–H and O–H groups in total. The van der Waals surface area contributed by atoms with Crippen molar-refractivity contribution in [1.29, 1.82) is 0 Å². The van der Waals surface area contributed by atoms with Crippen LogP contribution in [0.5, 0.6) is 0 Å². The van der Waals surface area contributed by atoms with E-state index >= 15 is 0 Å². The van der Waals surface area contributed by atoms with Gasteiger partial charge in [0.2, 0.25) is 0 Å². The van der Waals surface area contributed by atoms with Gasteiger partial charge in [0, 0.05) is 20.1 Å². The molecular weight excluding hydrogens is 230 g/mol. The first-order valence-corrected chi connectivity index (χ1v) is 5.79. The highest BCUT2D eigenvalue weighted by Gasteiger charge is 2.11. The van der Waals surface area contributed by atoms with Crippen molar-refractivity contribution in [1.82, 2.24) is 4.90 Å². The molecule has 5 nitrogen and oxygen atoms in total. The number of rotatable bonds is 5. The second kappa shape index (κ2) is 6.26. The van der Waals surface area contributed by atoms with Crippen molar-refractivity contribution in [2.24, 2.45) is 0 Å². The summed E-state index contributed by atoms with van der Waals surface area (Å²) in [5, 5.41) is 0. The van der Waals surface area contributed by atoms with Crippen LogP contribution in [0.15, 0.2) is 18.2 Å². The Kier molecular flexibility index (Phi) is 4.97. The quantitative estimate of drug-likeness (QED) is 0.626. The monoisotopic (exact) mass is 251 g/mol. The van der Waals surface area contributed by atoms with Crippen LogP contribution in [-0.2, 0) is 4.74 Å². The molecule has 0 bridgehead atoms. The molecule has 0 amide bonds. The molecule has 0 spiro atoms. The number of carbonyl (C=O) groups is 1. The van der Waals surface area contributed by atoms with Crippen molar-refractivity contribution in [2.45, 2.75) is 0 Å². The fraction of sp³-hybridized carbons (Fsp3) is 0.462. The van der Waals surface area contributed by atoms with Crippen LogP contribution < -0.4 is 10.6 Å². The lowest BCUT2D eigenvalue weighted by Crippen LogP contribution is -2.29. The van der Waals surface area contributed by atoms with Gasteiger partial charge in [-0.1, -0.05) is 0 Å². The number of carbonyl (C=O) groups excluding carboxylic acids is 1. The number of hydrogen-bond acceptors (Lipinski definition) is 5. The maximum absolute atomic E-state index is 11.5. The number of ether oxygens (including phenoxy) is 1. The molecule has 18 heavy (non-hydrogen) atoms. The van der Waals surface area contributed by atoms with Crippen LogP contribution in [0.4, 0.5) is 11.4 Å². The minimum absolute atomic E-state index is 0.350. The first-order valence-electron chi connectivity index (χ1n) is 5.79. The zero-order chi connectivity index (χ0) is 13.7. The Morgan fingerprint density at radius 2 is 1.94 bits per heavy atom. The van der Waals surface area contributed by atoms with Crippen LogP contribution in [0.1, 0.15) is 10.4 Å². The van der Waals surface area contributed by atoms with Crippen LogP contribution in [0.25, 0.3) is 0 Å². The van der Waals surface area contributed by atoms with Crippen molar-refractivity contribution in [3.8, 4) is 0 Å². The Labute approximate surface area is 108 Å². The summed E-state index contributed by atoms with van der Waals surface area (Å²) in [5.41, 5.74) is 7.95. The highest BCUT2D eigenvalue weighted by atomic mass is 16.5. The van der Waals surface area contributed by atoms with Crippen molar-refractivity contribution < 1.29 is 9.53 Å². The van der Waals surface area contributed by atoms with E-state index in [1.165, 1.54) is 7.11 Å². The molecule has 0 unspecified atom stereocenters. The van der Waals surface area contributed by atoms with Gasteiger partial charge in [0.15, 0.2) is 0 Å². The van der Waals surface area contributed by atoms with E-state index in [1.54, 1.807) is 18.2 Å². The molecule has 0 aliphatic rings. The zero-order valence-corrected chi connectivity index (χ0v) is 11.4. The van der Waals surface area contributed by atoms with Gasteiger partial charge < -0.3 is 20.3 Å². The van der Waals surface area contributed by atoms with Gasteiger partial charge in [-0.05, 0) is 32.3 Å². The van der Waals surface area contributed by atoms with E-state index in [2.05, 4.69) is 4.90 Å². The molecule has 0 heterocycles. The highest BCUT2D eigenvalue weighted by Crippen LogP contribution is 2.23. The van der Waals surface area contributed by atoms with Gasteiger partial charge in [0.25, 0.3) is 0 Å². The number of methoxy groups -OCH3 is 1. The predicted octanol–water partition coefficient (Wildman–Crippen LogP) is 1.05. The summed E-state index contributed by atoms with van der Waals surface area (Å²) >= 11 is 0. The third-order valence-electron chi connectivity index (χ3n) is 2.75. The molecule has 0 fully saturated rings. The number of nitrogen functional groups attached to an aromatic ring is 1. The fourth-order valence-corrected chi connectivity index (χ4v) is 1.59. The molecule has 0 radical (unpaired) electrons. The number of hydrogen-bond donors (Lipinski definition) is 1. The van der Waals surface area contributed by atoms with E-state index in [9.17, 15) is 4.79 Å². The molecule has 1 rings (SSSR count). The van der Waals surface area contributed by atoms with Crippen molar-refractivity contribution in [3.63, 3.8) is 0 Å². The summed E-state index contributed by atoms with van der Waals surface area (Å²) in [5.74, 6) is -0.350. The Hall–Kier alpha value is -1.75. The van der Waals surface area contributed by atoms with Crippen LogP contribution in [0, 0.1) is 0 Å². The average molecular weight is 251 g/mol. The van der Waals surface area contributed by atoms with E-state index in [1.807, 2.05) is 26.0 Å². The summed E-state index contributed by atoms with van der Waals surface area (Å²) in [6.45, 7) is 1.75. The lowest BCUT2D eigenvalue weighted by Gasteiger charge is -2.23. The molecule has 5 heteroatoms. The number of nitrogens with two attached hydrogens (primary N) is 1. The first kappa shape index (κ1) is 14.3. The van der Waals surface area contributed by atoms with E-state index in [0.29, 0.717) is 11.3 Å². The summed E-state index contributed by atoms with van der Waals surface area (Å²) < 4.78 is 4.70. The van der Waals surface area contributed by atoms with Gasteiger partial charge in [-0.25, -0.2) is 4.79 Å². The number of nitrogens with zero attached hydrogens (tertiary/aromatic N) is 2. The number of likely N-dealkylation sites (N-methyl/N-ethyl adjacent to an activating group) is 2. The van der Waals surface area contributed by atoms with Crippen molar-refractivity contribution >= 4 is 17.3 Å². The highest BCUT2D eigenvalue weighted by molar-refractivity contribution is 5.92. The molecule has 0 aromatic heterocycles. The van der Waals surface area contributed by atoms with Gasteiger partial charge in [-0.15, -0.1) is 0 Å². The molecule has 0 atom stereocenters. The lowest BCUT2D eigenvalue weighted by molar-refractivity contribution is 0.0601. The van der Waals surface area contributed by atoms with Gasteiger partial charge >= 0.3 is 5.97 Å². The van der Waals surface area contributed by atoms with E-state index in [-0.39, 0.29) is 5.97 Å². The Bertz CT molecular complexity index is 419. The van der Waals surface area contributed by atoms with E-state index < -0.39 is 0 Å². The van der Waals surface area contributed by atoms with E-state index in [4.69, 9.17) is 10.5 Å². The second-order valence-electron chi connectivity index (χ2n) is 4.49. The number of esters is 1. The Balaban J connectivity index is 2.89. The summed E-state index contributed by atoms with van der Waals surface area (Å²) in [7, 11) is 7.36. The Morgan fingerprint density at radius 1 is 1.28 bits per heavy atom. The molecular formula is C13H21N3O2. The van der Waals surface area contributed by atoms with Crippen LogP contribution in [0.3, 0.4) is 0 Å². The summed E-state index contributed by atoms with van der Waals surface area (Å²) in [6.07, 6.45) is 0.